The quantitative estimate of drug-likeness (QED) is 0.641. The lowest BCUT2D eigenvalue weighted by Crippen LogP contribution is -2.48. The van der Waals surface area contributed by atoms with E-state index in [-0.39, 0.29) is 30.7 Å². The number of likely N-dealkylation sites (tertiary alicyclic amines) is 1. The third-order valence-electron chi connectivity index (χ3n) is 5.07. The Balaban J connectivity index is 1.74. The number of carbonyl (C=O) groups excluding carboxylic acids is 2. The van der Waals surface area contributed by atoms with Gasteiger partial charge in [-0.3, -0.25) is 14.4 Å². The fourth-order valence-corrected chi connectivity index (χ4v) is 3.56. The van der Waals surface area contributed by atoms with Gasteiger partial charge in [-0.25, -0.2) is 0 Å². The molecular weight excluding hydrogens is 358 g/mol. The maximum Gasteiger partial charge on any atom is 0.303 e. The van der Waals surface area contributed by atoms with Crippen molar-refractivity contribution in [2.45, 2.75) is 51.5 Å². The maximum absolute atomic E-state index is 12.5. The van der Waals surface area contributed by atoms with Crippen LogP contribution in [0, 0.1) is 0 Å². The number of aliphatic carboxylic acids is 1. The van der Waals surface area contributed by atoms with Crippen molar-refractivity contribution in [3.8, 4) is 0 Å². The minimum absolute atomic E-state index is 0.0231. The first-order chi connectivity index (χ1) is 13.5. The van der Waals surface area contributed by atoms with Crippen LogP contribution < -0.4 is 10.2 Å². The average molecular weight is 389 g/mol. The molecule has 1 aliphatic heterocycles. The Morgan fingerprint density at radius 3 is 2.43 bits per heavy atom. The second-order valence-electron chi connectivity index (χ2n) is 7.12. The Morgan fingerprint density at radius 1 is 1.14 bits per heavy atom. The van der Waals surface area contributed by atoms with Crippen molar-refractivity contribution in [2.24, 2.45) is 0 Å². The summed E-state index contributed by atoms with van der Waals surface area (Å²) in [7, 11) is 0. The van der Waals surface area contributed by atoms with Crippen LogP contribution in [0.15, 0.2) is 30.3 Å². The molecule has 0 radical (unpaired) electrons. The van der Waals surface area contributed by atoms with E-state index in [1.807, 2.05) is 42.2 Å². The number of anilines is 1. The van der Waals surface area contributed by atoms with E-state index in [4.69, 9.17) is 5.11 Å². The second kappa shape index (κ2) is 11.4. The molecule has 1 aromatic rings. The molecular formula is C21H31N3O4. The summed E-state index contributed by atoms with van der Waals surface area (Å²) in [5, 5.41) is 11.4. The van der Waals surface area contributed by atoms with Gasteiger partial charge in [-0.15, -0.1) is 0 Å². The number of piperidine rings is 1. The number of carboxylic acids is 1. The minimum Gasteiger partial charge on any atom is -0.481 e. The molecule has 28 heavy (non-hydrogen) atoms. The van der Waals surface area contributed by atoms with Crippen molar-refractivity contribution in [3.63, 3.8) is 0 Å². The molecule has 0 atom stereocenters. The molecule has 1 aromatic carbocycles. The summed E-state index contributed by atoms with van der Waals surface area (Å²) in [6, 6.07) is 10.0. The van der Waals surface area contributed by atoms with E-state index >= 15 is 0 Å². The van der Waals surface area contributed by atoms with E-state index in [2.05, 4.69) is 10.2 Å². The van der Waals surface area contributed by atoms with Gasteiger partial charge in [-0.05, 0) is 31.4 Å². The lowest BCUT2D eigenvalue weighted by atomic mass is 10.0. The summed E-state index contributed by atoms with van der Waals surface area (Å²) in [5.74, 6) is -0.819. The lowest BCUT2D eigenvalue weighted by molar-refractivity contribution is -0.137. The van der Waals surface area contributed by atoms with Crippen LogP contribution in [0.25, 0.3) is 0 Å². The van der Waals surface area contributed by atoms with Crippen LogP contribution in [0.3, 0.4) is 0 Å². The van der Waals surface area contributed by atoms with E-state index in [9.17, 15) is 14.4 Å². The van der Waals surface area contributed by atoms with Crippen LogP contribution in [0.2, 0.25) is 0 Å². The number of hydrogen-bond donors (Lipinski definition) is 2. The summed E-state index contributed by atoms with van der Waals surface area (Å²) in [6.07, 6.45) is 2.95. The smallest absolute Gasteiger partial charge is 0.303 e. The van der Waals surface area contributed by atoms with E-state index in [1.54, 1.807) is 0 Å². The topological polar surface area (TPSA) is 90.0 Å². The number of carbonyl (C=O) groups is 3. The Bertz CT molecular complexity index is 642. The maximum atomic E-state index is 12.5. The van der Waals surface area contributed by atoms with Gasteiger partial charge in [-0.1, -0.05) is 25.1 Å². The van der Waals surface area contributed by atoms with Crippen LogP contribution >= 0.6 is 0 Å². The van der Waals surface area contributed by atoms with E-state index < -0.39 is 5.97 Å². The van der Waals surface area contributed by atoms with Gasteiger partial charge < -0.3 is 20.2 Å². The van der Waals surface area contributed by atoms with Crippen LogP contribution in [-0.4, -0.2) is 60.0 Å². The normalized spacial score (nSPS) is 15.2. The van der Waals surface area contributed by atoms with Crippen molar-refractivity contribution in [1.29, 1.82) is 0 Å². The van der Waals surface area contributed by atoms with Crippen molar-refractivity contribution >= 4 is 23.5 Å². The zero-order valence-corrected chi connectivity index (χ0v) is 16.6. The van der Waals surface area contributed by atoms with Crippen molar-refractivity contribution in [3.05, 3.63) is 30.3 Å². The summed E-state index contributed by atoms with van der Waals surface area (Å²) < 4.78 is 0. The first kappa shape index (κ1) is 21.9. The Hall–Kier alpha value is -2.41. The van der Waals surface area contributed by atoms with Crippen molar-refractivity contribution in [2.75, 3.05) is 31.1 Å². The highest BCUT2D eigenvalue weighted by molar-refractivity contribution is 5.93. The lowest BCUT2D eigenvalue weighted by Gasteiger charge is -2.38. The molecule has 0 aliphatic carbocycles. The van der Waals surface area contributed by atoms with E-state index in [1.165, 1.54) is 0 Å². The third-order valence-corrected chi connectivity index (χ3v) is 5.07. The van der Waals surface area contributed by atoms with Gasteiger partial charge in [0.25, 0.3) is 0 Å². The van der Waals surface area contributed by atoms with Crippen molar-refractivity contribution in [1.82, 2.24) is 10.2 Å². The molecule has 1 aliphatic rings. The van der Waals surface area contributed by atoms with Crippen molar-refractivity contribution < 1.29 is 19.5 Å². The molecule has 0 saturated carbocycles. The summed E-state index contributed by atoms with van der Waals surface area (Å²) in [6.45, 7) is 5.00. The van der Waals surface area contributed by atoms with Crippen LogP contribution in [0.1, 0.15) is 45.4 Å². The first-order valence-electron chi connectivity index (χ1n) is 10.1. The number of hydrogen-bond acceptors (Lipinski definition) is 4. The summed E-state index contributed by atoms with van der Waals surface area (Å²) in [4.78, 5) is 38.9. The molecule has 2 amide bonds. The highest BCUT2D eigenvalue weighted by Crippen LogP contribution is 2.24. The molecule has 1 heterocycles. The monoisotopic (exact) mass is 389 g/mol. The fourth-order valence-electron chi connectivity index (χ4n) is 3.56. The average Bonchev–Trinajstić information content (AvgIpc) is 2.69. The number of nitrogens with zero attached hydrogens (tertiary/aromatic N) is 2. The van der Waals surface area contributed by atoms with Crippen LogP contribution in [0.4, 0.5) is 5.69 Å². The number of nitrogens with one attached hydrogen (secondary N) is 1. The molecule has 0 unspecified atom stereocenters. The fraction of sp³-hybridized carbons (Fsp3) is 0.571. The molecule has 2 rings (SSSR count). The molecule has 1 saturated heterocycles. The Morgan fingerprint density at radius 2 is 1.82 bits per heavy atom. The standard InChI is InChI=1S/C21H31N3O4/c1-2-20(26)24(17-7-4-3-5-8-17)18-11-14-23(15-12-18)16-13-22-19(25)9-6-10-21(27)28/h3-5,7-8,18H,2,6,9-16H2,1H3,(H,22,25)(H,27,28). The van der Waals surface area contributed by atoms with Gasteiger partial charge in [-0.2, -0.15) is 0 Å². The SMILES string of the molecule is CCC(=O)N(c1ccccc1)C1CCN(CCNC(=O)CCCC(=O)O)CC1. The van der Waals surface area contributed by atoms with Crippen LogP contribution in [0.5, 0.6) is 0 Å². The molecule has 0 spiro atoms. The molecule has 0 bridgehead atoms. The van der Waals surface area contributed by atoms with E-state index in [0.29, 0.717) is 19.4 Å². The molecule has 7 nitrogen and oxygen atoms in total. The molecule has 1 fully saturated rings. The first-order valence-corrected chi connectivity index (χ1v) is 10.1. The predicted octanol–water partition coefficient (Wildman–Crippen LogP) is 2.27. The van der Waals surface area contributed by atoms with Gasteiger partial charge in [0.1, 0.15) is 0 Å². The summed E-state index contributed by atoms with van der Waals surface area (Å²) >= 11 is 0. The van der Waals surface area contributed by atoms with E-state index in [0.717, 1.165) is 38.2 Å². The molecule has 2 N–H and O–H groups in total. The Labute approximate surface area is 166 Å². The van der Waals surface area contributed by atoms with Crippen LogP contribution in [-0.2, 0) is 14.4 Å². The zero-order valence-electron chi connectivity index (χ0n) is 16.6. The molecule has 154 valence electrons. The second-order valence-corrected chi connectivity index (χ2v) is 7.12. The van der Waals surface area contributed by atoms with Gasteiger partial charge in [0.15, 0.2) is 0 Å². The number of amides is 2. The summed E-state index contributed by atoms with van der Waals surface area (Å²) in [5.41, 5.74) is 0.960. The molecule has 7 heteroatoms. The largest absolute Gasteiger partial charge is 0.481 e. The number of para-hydroxylation sites is 1. The minimum atomic E-state index is -0.873. The number of benzene rings is 1. The Kier molecular flexibility index (Phi) is 8.94. The predicted molar refractivity (Wildman–Crippen MR) is 108 cm³/mol. The van der Waals surface area contributed by atoms with Gasteiger partial charge >= 0.3 is 5.97 Å². The van der Waals surface area contributed by atoms with Gasteiger partial charge in [0.05, 0.1) is 0 Å². The number of rotatable bonds is 10. The molecule has 0 aromatic heterocycles. The van der Waals surface area contributed by atoms with Gasteiger partial charge in [0, 0.05) is 57.2 Å². The highest BCUT2D eigenvalue weighted by Gasteiger charge is 2.28. The third kappa shape index (κ3) is 6.96. The van der Waals surface area contributed by atoms with Gasteiger partial charge in [0.2, 0.25) is 11.8 Å². The zero-order chi connectivity index (χ0) is 20.4. The highest BCUT2D eigenvalue weighted by atomic mass is 16.4. The number of carboxylic acid groups (broad SMARTS) is 1.